The highest BCUT2D eigenvalue weighted by Gasteiger charge is 2.53. The predicted octanol–water partition coefficient (Wildman–Crippen LogP) is 7.47. The Balaban J connectivity index is 1.39. The van der Waals surface area contributed by atoms with Gasteiger partial charge in [-0.05, 0) is 29.2 Å². The van der Waals surface area contributed by atoms with Gasteiger partial charge in [0.25, 0.3) is 0 Å². The summed E-state index contributed by atoms with van der Waals surface area (Å²) in [5, 5.41) is 0. The molecule has 1 aliphatic heterocycles. The van der Waals surface area contributed by atoms with Crippen molar-refractivity contribution >= 4 is 15.9 Å². The van der Waals surface area contributed by atoms with Crippen molar-refractivity contribution in [1.29, 1.82) is 0 Å². The fourth-order valence-electron chi connectivity index (χ4n) is 5.03. The SMILES string of the molecule is CC1(Br)O[C@H](COCc2ccccc2)[C@@H](OCc2ccccc2)[C@H](OCc2ccccc2)[C@H]1OCc1ccccc1. The van der Waals surface area contributed by atoms with Gasteiger partial charge in [-0.1, -0.05) is 137 Å². The molecule has 1 heterocycles. The van der Waals surface area contributed by atoms with Crippen LogP contribution in [0, 0.1) is 0 Å². The number of halogens is 1. The van der Waals surface area contributed by atoms with Gasteiger partial charge in [0, 0.05) is 0 Å². The molecule has 0 N–H and O–H groups in total. The van der Waals surface area contributed by atoms with Crippen molar-refractivity contribution in [2.75, 3.05) is 6.61 Å². The van der Waals surface area contributed by atoms with Crippen LogP contribution in [0.1, 0.15) is 29.2 Å². The first-order chi connectivity index (χ1) is 20.1. The quantitative estimate of drug-likeness (QED) is 0.146. The molecule has 5 rings (SSSR count). The first-order valence-electron chi connectivity index (χ1n) is 14.0. The molecule has 0 aliphatic carbocycles. The van der Waals surface area contributed by atoms with Crippen molar-refractivity contribution in [3.8, 4) is 0 Å². The molecule has 0 spiro atoms. The lowest BCUT2D eigenvalue weighted by Crippen LogP contribution is -2.64. The third-order valence-electron chi connectivity index (χ3n) is 7.12. The van der Waals surface area contributed by atoms with Gasteiger partial charge in [-0.3, -0.25) is 0 Å². The average Bonchev–Trinajstić information content (AvgIpc) is 3.01. The van der Waals surface area contributed by atoms with E-state index < -0.39 is 28.9 Å². The number of benzene rings is 4. The summed E-state index contributed by atoms with van der Waals surface area (Å²) in [7, 11) is 0. The molecule has 0 amide bonds. The van der Waals surface area contributed by atoms with Crippen LogP contribution in [0.5, 0.6) is 0 Å². The Morgan fingerprint density at radius 2 is 0.951 bits per heavy atom. The first kappa shape index (κ1) is 29.6. The fourth-order valence-corrected chi connectivity index (χ4v) is 5.66. The van der Waals surface area contributed by atoms with Gasteiger partial charge < -0.3 is 23.7 Å². The van der Waals surface area contributed by atoms with Crippen LogP contribution in [0.3, 0.4) is 0 Å². The molecule has 6 heteroatoms. The van der Waals surface area contributed by atoms with Gasteiger partial charge in [0.05, 0.1) is 33.0 Å². The van der Waals surface area contributed by atoms with Gasteiger partial charge in [-0.25, -0.2) is 0 Å². The molecule has 0 aromatic heterocycles. The minimum absolute atomic E-state index is 0.339. The highest BCUT2D eigenvalue weighted by atomic mass is 79.9. The first-order valence-corrected chi connectivity index (χ1v) is 14.8. The summed E-state index contributed by atoms with van der Waals surface area (Å²) in [6.45, 7) is 4.06. The van der Waals surface area contributed by atoms with E-state index in [0.717, 1.165) is 22.3 Å². The zero-order chi connectivity index (χ0) is 28.3. The lowest BCUT2D eigenvalue weighted by atomic mass is 9.94. The van der Waals surface area contributed by atoms with Crippen LogP contribution in [0.4, 0.5) is 0 Å². The van der Waals surface area contributed by atoms with Crippen molar-refractivity contribution in [3.63, 3.8) is 0 Å². The molecule has 4 aromatic carbocycles. The summed E-state index contributed by atoms with van der Waals surface area (Å²) >= 11 is 3.86. The Bertz CT molecular complexity index is 1290. The van der Waals surface area contributed by atoms with E-state index in [4.69, 9.17) is 23.7 Å². The number of hydrogen-bond donors (Lipinski definition) is 0. The molecule has 41 heavy (non-hydrogen) atoms. The normalized spacial score (nSPS) is 24.2. The summed E-state index contributed by atoms with van der Waals surface area (Å²) < 4.78 is 31.9. The van der Waals surface area contributed by atoms with Crippen LogP contribution in [0.2, 0.25) is 0 Å². The molecule has 1 unspecified atom stereocenters. The zero-order valence-electron chi connectivity index (χ0n) is 23.3. The van der Waals surface area contributed by atoms with Crippen molar-refractivity contribution in [3.05, 3.63) is 144 Å². The average molecular weight is 618 g/mol. The lowest BCUT2D eigenvalue weighted by molar-refractivity contribution is -0.277. The molecule has 4 aromatic rings. The molecule has 5 nitrogen and oxygen atoms in total. The number of hydrogen-bond acceptors (Lipinski definition) is 5. The van der Waals surface area contributed by atoms with Crippen molar-refractivity contribution < 1.29 is 23.7 Å². The molecule has 1 saturated heterocycles. The van der Waals surface area contributed by atoms with E-state index in [0.29, 0.717) is 33.0 Å². The van der Waals surface area contributed by atoms with E-state index in [1.165, 1.54) is 0 Å². The van der Waals surface area contributed by atoms with Gasteiger partial charge in [0.15, 0.2) is 0 Å². The molecule has 0 radical (unpaired) electrons. The number of rotatable bonds is 13. The summed E-state index contributed by atoms with van der Waals surface area (Å²) in [4.78, 5) is 0. The summed E-state index contributed by atoms with van der Waals surface area (Å²) in [6, 6.07) is 40.6. The molecule has 1 fully saturated rings. The molecule has 214 valence electrons. The molecule has 5 atom stereocenters. The van der Waals surface area contributed by atoms with Gasteiger partial charge in [-0.2, -0.15) is 0 Å². The van der Waals surface area contributed by atoms with Crippen LogP contribution < -0.4 is 0 Å². The van der Waals surface area contributed by atoms with E-state index in [1.807, 2.05) is 79.7 Å². The Morgan fingerprint density at radius 1 is 0.561 bits per heavy atom. The van der Waals surface area contributed by atoms with Crippen molar-refractivity contribution in [2.45, 2.75) is 62.3 Å². The molecule has 0 bridgehead atoms. The zero-order valence-corrected chi connectivity index (χ0v) is 24.9. The molecule has 0 saturated carbocycles. The van der Waals surface area contributed by atoms with E-state index in [-0.39, 0.29) is 0 Å². The van der Waals surface area contributed by atoms with E-state index in [1.54, 1.807) is 0 Å². The summed E-state index contributed by atoms with van der Waals surface area (Å²) in [5.41, 5.74) is 4.34. The number of alkyl halides is 1. The van der Waals surface area contributed by atoms with Crippen molar-refractivity contribution in [1.82, 2.24) is 0 Å². The minimum atomic E-state index is -0.837. The standard InChI is InChI=1S/C35H37BrO5/c1-35(36)34(40-25-30-20-12-5-13-21-30)33(39-24-29-18-10-4-11-19-29)32(38-23-28-16-8-3-9-17-28)31(41-35)26-37-22-27-14-6-2-7-15-27/h2-21,31-34H,22-26H2,1H3/t31-,32-,33+,34-,35?/m1/s1. The monoisotopic (exact) mass is 616 g/mol. The Hall–Kier alpha value is -2.84. The fraction of sp³-hybridized carbons (Fsp3) is 0.314. The molecule has 1 aliphatic rings. The van der Waals surface area contributed by atoms with E-state index in [9.17, 15) is 0 Å². The smallest absolute Gasteiger partial charge is 0.149 e. The van der Waals surface area contributed by atoms with Gasteiger partial charge >= 0.3 is 0 Å². The summed E-state index contributed by atoms with van der Waals surface area (Å²) in [6.07, 6.45) is -1.74. The second kappa shape index (κ2) is 14.9. The maximum Gasteiger partial charge on any atom is 0.149 e. The van der Waals surface area contributed by atoms with Crippen LogP contribution >= 0.6 is 15.9 Å². The highest BCUT2D eigenvalue weighted by Crippen LogP contribution is 2.40. The third-order valence-corrected chi connectivity index (χ3v) is 7.75. The largest absolute Gasteiger partial charge is 0.374 e. The van der Waals surface area contributed by atoms with Crippen molar-refractivity contribution in [2.24, 2.45) is 0 Å². The second-order valence-electron chi connectivity index (χ2n) is 10.4. The highest BCUT2D eigenvalue weighted by molar-refractivity contribution is 9.10. The topological polar surface area (TPSA) is 46.2 Å². The van der Waals surface area contributed by atoms with E-state index >= 15 is 0 Å². The predicted molar refractivity (Wildman–Crippen MR) is 163 cm³/mol. The van der Waals surface area contributed by atoms with Crippen LogP contribution in [-0.2, 0) is 50.1 Å². The van der Waals surface area contributed by atoms with Crippen LogP contribution in [0.25, 0.3) is 0 Å². The van der Waals surface area contributed by atoms with E-state index in [2.05, 4.69) is 64.5 Å². The van der Waals surface area contributed by atoms with Gasteiger partial charge in [0.2, 0.25) is 0 Å². The van der Waals surface area contributed by atoms with Crippen LogP contribution in [-0.4, -0.2) is 35.5 Å². The Kier molecular flexibility index (Phi) is 10.8. The minimum Gasteiger partial charge on any atom is -0.374 e. The third kappa shape index (κ3) is 8.58. The van der Waals surface area contributed by atoms with Crippen LogP contribution in [0.15, 0.2) is 121 Å². The maximum absolute atomic E-state index is 6.69. The Labute approximate surface area is 251 Å². The number of ether oxygens (including phenoxy) is 5. The molecular weight excluding hydrogens is 580 g/mol. The maximum atomic E-state index is 6.69. The van der Waals surface area contributed by atoms with Gasteiger partial charge in [0.1, 0.15) is 28.9 Å². The molecular formula is C35H37BrO5. The lowest BCUT2D eigenvalue weighted by Gasteiger charge is -2.49. The summed E-state index contributed by atoms with van der Waals surface area (Å²) in [5.74, 6) is 0. The second-order valence-corrected chi connectivity index (χ2v) is 12.0. The Morgan fingerprint density at radius 3 is 1.41 bits per heavy atom. The van der Waals surface area contributed by atoms with Gasteiger partial charge in [-0.15, -0.1) is 0 Å².